The Morgan fingerprint density at radius 3 is 1.70 bits per heavy atom. The van der Waals surface area contributed by atoms with Crippen LogP contribution in [0.2, 0.25) is -0.490 Å². The van der Waals surface area contributed by atoms with E-state index in [1.807, 2.05) is 6.92 Å². The Hall–Kier alpha value is 1.31. The molecular formula is C8H17KO. The normalized spacial score (nSPS) is 9.80. The van der Waals surface area contributed by atoms with Gasteiger partial charge in [-0.05, 0) is 6.42 Å². The van der Waals surface area contributed by atoms with Crippen LogP contribution in [0.4, 0.5) is 0 Å². The van der Waals surface area contributed by atoms with Crippen LogP contribution >= 0.6 is 0 Å². The molecule has 0 aromatic rings. The second kappa shape index (κ2) is 8.40. The molecule has 0 aromatic carbocycles. The van der Waals surface area contributed by atoms with Gasteiger partial charge in [-0.15, -0.1) is 0 Å². The van der Waals surface area contributed by atoms with Crippen LogP contribution in [0.3, 0.4) is 0 Å². The standard InChI is InChI=1S/C4H8O.C4H9.K/c1-2-3-4-5;1-4(2)3;/h4H,2-3H2,1H3;1-3H3;. The van der Waals surface area contributed by atoms with Gasteiger partial charge in [0.1, 0.15) is 6.29 Å². The summed E-state index contributed by atoms with van der Waals surface area (Å²) in [4.78, 5) is 9.40. The Kier molecular flexibility index (Phi) is 11.7. The second-order valence-electron chi connectivity index (χ2n) is 3.96. The zero-order valence-electron chi connectivity index (χ0n) is 7.90. The summed E-state index contributed by atoms with van der Waals surface area (Å²) in [5.74, 6) is 0. The first-order valence-corrected chi connectivity index (χ1v) is 5.41. The molecular weight excluding hydrogens is 151 g/mol. The number of aldehydes is 1. The Bertz CT molecular complexity index is 67.8. The summed E-state index contributed by atoms with van der Waals surface area (Å²) in [6.45, 7) is 8.79. The van der Waals surface area contributed by atoms with E-state index < -0.39 is 0 Å². The third kappa shape index (κ3) is 58.7. The predicted molar refractivity (Wildman–Crippen MR) is 46.4 cm³/mol. The summed E-state index contributed by atoms with van der Waals surface area (Å²) in [6.07, 6.45) is 2.61. The van der Waals surface area contributed by atoms with Crippen molar-refractivity contribution in [1.29, 1.82) is 0 Å². The van der Waals surface area contributed by atoms with Crippen LogP contribution in [-0.2, 0) is 4.79 Å². The third-order valence-electron chi connectivity index (χ3n) is 0.407. The molecule has 0 bridgehead atoms. The quantitative estimate of drug-likeness (QED) is 0.457. The Morgan fingerprint density at radius 1 is 1.40 bits per heavy atom. The average Bonchev–Trinajstić information content (AvgIpc) is 1.63. The van der Waals surface area contributed by atoms with E-state index in [1.165, 1.54) is 0 Å². The van der Waals surface area contributed by atoms with Crippen molar-refractivity contribution < 1.29 is 4.79 Å². The molecule has 0 atom stereocenters. The van der Waals surface area contributed by atoms with Crippen molar-refractivity contribution in [2.75, 3.05) is 0 Å². The molecule has 0 amide bonds. The van der Waals surface area contributed by atoms with Gasteiger partial charge in [-0.3, -0.25) is 0 Å². The fraction of sp³-hybridized carbons (Fsp3) is 0.875. The summed E-state index contributed by atoms with van der Waals surface area (Å²) < 4.78 is 0.688. The van der Waals surface area contributed by atoms with Crippen molar-refractivity contribution in [3.05, 3.63) is 0 Å². The van der Waals surface area contributed by atoms with E-state index in [-0.39, 0.29) is 0 Å². The van der Waals surface area contributed by atoms with Crippen LogP contribution in [0.25, 0.3) is 0 Å². The molecule has 0 rings (SSSR count). The maximum atomic E-state index is 9.40. The SMILES string of the molecule is CCCC=O.C[C](C)(C)[K]. The van der Waals surface area contributed by atoms with Gasteiger partial charge in [-0.25, -0.2) is 0 Å². The van der Waals surface area contributed by atoms with Crippen LogP contribution in [0.5, 0.6) is 0 Å². The predicted octanol–water partition coefficient (Wildman–Crippen LogP) is 2.36. The number of carbonyl (C=O) groups excluding carboxylic acids is 1. The molecule has 0 saturated carbocycles. The van der Waals surface area contributed by atoms with Gasteiger partial charge in [-0.2, -0.15) is 0 Å². The molecule has 2 heteroatoms. The molecule has 0 saturated heterocycles. The molecule has 0 N–H and O–H groups in total. The van der Waals surface area contributed by atoms with E-state index in [0.717, 1.165) is 61.7 Å². The van der Waals surface area contributed by atoms with Crippen LogP contribution in [0, 0.1) is 0 Å². The average molecular weight is 168 g/mol. The molecule has 0 aliphatic heterocycles. The van der Waals surface area contributed by atoms with Gasteiger partial charge in [0.05, 0.1) is 0 Å². The number of hydrogen-bond donors (Lipinski definition) is 0. The topological polar surface area (TPSA) is 17.1 Å². The number of hydrogen-bond acceptors (Lipinski definition) is 1. The molecule has 1 nitrogen and oxygen atoms in total. The summed E-state index contributed by atoms with van der Waals surface area (Å²) >= 11 is 1.00. The van der Waals surface area contributed by atoms with Crippen molar-refractivity contribution in [2.45, 2.75) is 40.0 Å². The minimum atomic E-state index is 0.688. The first-order valence-electron chi connectivity index (χ1n) is 3.85. The van der Waals surface area contributed by atoms with Gasteiger partial charge in [-0.1, -0.05) is 6.92 Å². The fourth-order valence-corrected chi connectivity index (χ4v) is 0.118. The van der Waals surface area contributed by atoms with E-state index in [4.69, 9.17) is 0 Å². The molecule has 10 heavy (non-hydrogen) atoms. The summed E-state index contributed by atoms with van der Waals surface area (Å²) in [7, 11) is 0. The molecule has 0 heterocycles. The zero-order valence-corrected chi connectivity index (χ0v) is 11.0. The van der Waals surface area contributed by atoms with Crippen molar-refractivity contribution in [3.8, 4) is 0 Å². The molecule has 0 aromatic heterocycles. The van der Waals surface area contributed by atoms with E-state index in [1.54, 1.807) is 0 Å². The van der Waals surface area contributed by atoms with E-state index >= 15 is 0 Å². The van der Waals surface area contributed by atoms with E-state index in [9.17, 15) is 4.79 Å². The fourth-order valence-electron chi connectivity index (χ4n) is 0.118. The van der Waals surface area contributed by atoms with Gasteiger partial charge in [0, 0.05) is 6.42 Å². The van der Waals surface area contributed by atoms with E-state index in [2.05, 4.69) is 20.8 Å². The summed E-state index contributed by atoms with van der Waals surface area (Å²) in [6, 6.07) is 0. The first kappa shape index (κ1) is 13.9. The molecule has 0 fully saturated rings. The second-order valence-corrected chi connectivity index (χ2v) is 8.64. The van der Waals surface area contributed by atoms with Gasteiger partial charge in [0.2, 0.25) is 0 Å². The maximum absolute atomic E-state index is 9.40. The first-order chi connectivity index (χ1) is 4.41. The molecule has 0 radical (unpaired) electrons. The van der Waals surface area contributed by atoms with Crippen molar-refractivity contribution >= 4 is 55.2 Å². The van der Waals surface area contributed by atoms with Crippen molar-refractivity contribution in [1.82, 2.24) is 0 Å². The monoisotopic (exact) mass is 168 g/mol. The third-order valence-corrected chi connectivity index (χ3v) is 0.407. The van der Waals surface area contributed by atoms with Gasteiger partial charge >= 0.3 is 69.2 Å². The Morgan fingerprint density at radius 2 is 1.70 bits per heavy atom. The molecule has 0 aliphatic carbocycles. The van der Waals surface area contributed by atoms with Crippen molar-refractivity contribution in [3.63, 3.8) is 0 Å². The molecule has 56 valence electrons. The zero-order chi connectivity index (χ0) is 8.62. The van der Waals surface area contributed by atoms with Gasteiger partial charge in [0.25, 0.3) is 0 Å². The van der Waals surface area contributed by atoms with E-state index in [0.29, 0.717) is 5.93 Å². The number of unbranched alkanes of at least 4 members (excludes halogenated alkanes) is 1. The summed E-state index contributed by atoms with van der Waals surface area (Å²) in [5, 5.41) is 0. The number of carbonyl (C=O) groups is 1. The van der Waals surface area contributed by atoms with Crippen LogP contribution in [0.1, 0.15) is 40.5 Å². The van der Waals surface area contributed by atoms with Crippen LogP contribution < -0.4 is 0 Å². The van der Waals surface area contributed by atoms with Gasteiger partial charge in [0.15, 0.2) is 0 Å². The van der Waals surface area contributed by atoms with Crippen molar-refractivity contribution in [2.24, 2.45) is 0 Å². The Labute approximate surface area is 98.5 Å². The summed E-state index contributed by atoms with van der Waals surface area (Å²) in [5.41, 5.74) is 0. The number of rotatable bonds is 2. The molecule has 0 unspecified atom stereocenters. The minimum absolute atomic E-state index is 0.688. The Balaban J connectivity index is 0. The molecule has 0 spiro atoms. The molecule has 0 aliphatic rings. The van der Waals surface area contributed by atoms with Crippen LogP contribution in [-0.4, -0.2) is 55.2 Å². The van der Waals surface area contributed by atoms with Crippen LogP contribution in [0.15, 0.2) is 0 Å². The van der Waals surface area contributed by atoms with Gasteiger partial charge < -0.3 is 4.79 Å².